The third-order valence-electron chi connectivity index (χ3n) is 3.24. The third kappa shape index (κ3) is 3.54. The second-order valence-electron chi connectivity index (χ2n) is 6.12. The van der Waals surface area contributed by atoms with Crippen LogP contribution in [0.4, 0.5) is 0 Å². The number of benzene rings is 1. The van der Waals surface area contributed by atoms with Crippen molar-refractivity contribution in [1.82, 2.24) is 9.78 Å². The maximum atomic E-state index is 12.1. The fraction of sp³-hybridized carbons (Fsp3) is 0.412. The largest absolute Gasteiger partial charge is 0.491 e. The van der Waals surface area contributed by atoms with E-state index in [0.717, 1.165) is 11.3 Å². The summed E-state index contributed by atoms with van der Waals surface area (Å²) in [6.07, 6.45) is 0.114. The molecule has 0 aliphatic heterocycles. The maximum absolute atomic E-state index is 12.1. The van der Waals surface area contributed by atoms with Crippen LogP contribution in [0.2, 0.25) is 0 Å². The van der Waals surface area contributed by atoms with Gasteiger partial charge in [0.2, 0.25) is 0 Å². The molecule has 5 heteroatoms. The zero-order chi connectivity index (χ0) is 16.5. The SMILES string of the molecule is CC(C)Oc1ccc(-c2cc(C(C)(C)O)c(=O)n(C)n2)cc1. The zero-order valence-electron chi connectivity index (χ0n) is 13.6. The first-order chi connectivity index (χ1) is 10.2. The molecule has 1 aromatic carbocycles. The molecule has 22 heavy (non-hydrogen) atoms. The van der Waals surface area contributed by atoms with Crippen molar-refractivity contribution in [1.29, 1.82) is 0 Å². The van der Waals surface area contributed by atoms with E-state index in [1.165, 1.54) is 4.68 Å². The molecule has 1 heterocycles. The van der Waals surface area contributed by atoms with Crippen molar-refractivity contribution < 1.29 is 9.84 Å². The lowest BCUT2D eigenvalue weighted by Gasteiger charge is -2.18. The van der Waals surface area contributed by atoms with Gasteiger partial charge in [-0.1, -0.05) is 0 Å². The Morgan fingerprint density at radius 2 is 1.82 bits per heavy atom. The van der Waals surface area contributed by atoms with Crippen molar-refractivity contribution in [3.63, 3.8) is 0 Å². The summed E-state index contributed by atoms with van der Waals surface area (Å²) in [6.45, 7) is 7.12. The Bertz CT molecular complexity index is 710. The molecule has 0 fully saturated rings. The Labute approximate surface area is 130 Å². The van der Waals surface area contributed by atoms with Crippen LogP contribution in [0.1, 0.15) is 33.3 Å². The normalized spacial score (nSPS) is 11.8. The Morgan fingerprint density at radius 1 is 1.23 bits per heavy atom. The molecule has 0 radical (unpaired) electrons. The highest BCUT2D eigenvalue weighted by molar-refractivity contribution is 5.60. The van der Waals surface area contributed by atoms with E-state index in [1.54, 1.807) is 27.0 Å². The van der Waals surface area contributed by atoms with Crippen LogP contribution in [0.5, 0.6) is 5.75 Å². The van der Waals surface area contributed by atoms with E-state index in [-0.39, 0.29) is 11.7 Å². The highest BCUT2D eigenvalue weighted by Crippen LogP contribution is 2.24. The van der Waals surface area contributed by atoms with Crippen molar-refractivity contribution in [3.8, 4) is 17.0 Å². The topological polar surface area (TPSA) is 64.3 Å². The van der Waals surface area contributed by atoms with Gasteiger partial charge >= 0.3 is 0 Å². The summed E-state index contributed by atoms with van der Waals surface area (Å²) in [4.78, 5) is 12.1. The molecule has 2 aromatic rings. The molecule has 0 bridgehead atoms. The van der Waals surface area contributed by atoms with Crippen LogP contribution in [0.3, 0.4) is 0 Å². The number of aryl methyl sites for hydroxylation is 1. The van der Waals surface area contributed by atoms with E-state index in [4.69, 9.17) is 4.74 Å². The number of aromatic nitrogens is 2. The first kappa shape index (κ1) is 16.2. The lowest BCUT2D eigenvalue weighted by Crippen LogP contribution is -2.32. The van der Waals surface area contributed by atoms with Gasteiger partial charge in [0, 0.05) is 12.6 Å². The summed E-state index contributed by atoms with van der Waals surface area (Å²) < 4.78 is 6.86. The van der Waals surface area contributed by atoms with E-state index in [9.17, 15) is 9.90 Å². The summed E-state index contributed by atoms with van der Waals surface area (Å²) in [5.74, 6) is 0.784. The van der Waals surface area contributed by atoms with Gasteiger partial charge in [-0.2, -0.15) is 5.10 Å². The van der Waals surface area contributed by atoms with Crippen molar-refractivity contribution >= 4 is 0 Å². The van der Waals surface area contributed by atoms with Gasteiger partial charge in [-0.05, 0) is 58.0 Å². The molecule has 0 saturated carbocycles. The Kier molecular flexibility index (Phi) is 4.37. The van der Waals surface area contributed by atoms with Crippen LogP contribution >= 0.6 is 0 Å². The molecular weight excluding hydrogens is 280 g/mol. The number of hydrogen-bond acceptors (Lipinski definition) is 4. The fourth-order valence-corrected chi connectivity index (χ4v) is 2.16. The number of nitrogens with zero attached hydrogens (tertiary/aromatic N) is 2. The number of ether oxygens (including phenoxy) is 1. The maximum Gasteiger partial charge on any atom is 0.272 e. The van der Waals surface area contributed by atoms with Gasteiger partial charge in [0.05, 0.1) is 23.0 Å². The second kappa shape index (κ2) is 5.93. The smallest absolute Gasteiger partial charge is 0.272 e. The summed E-state index contributed by atoms with van der Waals surface area (Å²) in [6, 6.07) is 9.15. The number of aliphatic hydroxyl groups is 1. The Balaban J connectivity index is 2.45. The van der Waals surface area contributed by atoms with Crippen molar-refractivity contribution in [3.05, 3.63) is 46.2 Å². The summed E-state index contributed by atoms with van der Waals surface area (Å²) in [7, 11) is 1.58. The molecule has 1 aromatic heterocycles. The van der Waals surface area contributed by atoms with Gasteiger partial charge in [-0.15, -0.1) is 0 Å². The third-order valence-corrected chi connectivity index (χ3v) is 3.24. The minimum atomic E-state index is -1.22. The first-order valence-electron chi connectivity index (χ1n) is 7.27. The van der Waals surface area contributed by atoms with Crippen LogP contribution in [0, 0.1) is 0 Å². The number of hydrogen-bond donors (Lipinski definition) is 1. The molecule has 0 saturated heterocycles. The lowest BCUT2D eigenvalue weighted by molar-refractivity contribution is 0.0763. The molecule has 118 valence electrons. The minimum Gasteiger partial charge on any atom is -0.491 e. The predicted octanol–water partition coefficient (Wildman–Crippen LogP) is 2.46. The van der Waals surface area contributed by atoms with Crippen molar-refractivity contribution in [2.75, 3.05) is 0 Å². The molecule has 0 aliphatic carbocycles. The predicted molar refractivity (Wildman–Crippen MR) is 85.9 cm³/mol. The van der Waals surface area contributed by atoms with E-state index in [2.05, 4.69) is 5.10 Å². The molecule has 0 aliphatic rings. The summed E-state index contributed by atoms with van der Waals surface area (Å²) >= 11 is 0. The van der Waals surface area contributed by atoms with Crippen LogP contribution < -0.4 is 10.3 Å². The van der Waals surface area contributed by atoms with Gasteiger partial charge in [-0.25, -0.2) is 4.68 Å². The zero-order valence-corrected chi connectivity index (χ0v) is 13.6. The van der Waals surface area contributed by atoms with Crippen LogP contribution in [0.15, 0.2) is 35.1 Å². The average molecular weight is 302 g/mol. The van der Waals surface area contributed by atoms with Gasteiger partial charge in [0.15, 0.2) is 0 Å². The molecule has 2 rings (SSSR count). The van der Waals surface area contributed by atoms with E-state index >= 15 is 0 Å². The highest BCUT2D eigenvalue weighted by Gasteiger charge is 2.22. The standard InChI is InChI=1S/C17H22N2O3/c1-11(2)22-13-8-6-12(7-9-13)15-10-14(17(3,4)21)16(20)19(5)18-15/h6-11,21H,1-5H3. The quantitative estimate of drug-likeness (QED) is 0.942. The van der Waals surface area contributed by atoms with E-state index in [0.29, 0.717) is 11.3 Å². The fourth-order valence-electron chi connectivity index (χ4n) is 2.16. The minimum absolute atomic E-state index is 0.114. The van der Waals surface area contributed by atoms with E-state index in [1.807, 2.05) is 38.1 Å². The Hall–Kier alpha value is -2.14. The molecular formula is C17H22N2O3. The van der Waals surface area contributed by atoms with Crippen LogP contribution in [-0.4, -0.2) is 21.0 Å². The van der Waals surface area contributed by atoms with Crippen molar-refractivity contribution in [2.24, 2.45) is 7.05 Å². The van der Waals surface area contributed by atoms with Gasteiger partial charge < -0.3 is 9.84 Å². The summed E-state index contributed by atoms with van der Waals surface area (Å²) in [5, 5.41) is 14.4. The van der Waals surface area contributed by atoms with Gasteiger partial charge in [0.25, 0.3) is 5.56 Å². The molecule has 0 spiro atoms. The monoisotopic (exact) mass is 302 g/mol. The molecule has 5 nitrogen and oxygen atoms in total. The lowest BCUT2D eigenvalue weighted by atomic mass is 9.98. The molecule has 1 N–H and O–H groups in total. The van der Waals surface area contributed by atoms with Gasteiger partial charge in [-0.3, -0.25) is 4.79 Å². The first-order valence-corrected chi connectivity index (χ1v) is 7.27. The van der Waals surface area contributed by atoms with Crippen LogP contribution in [-0.2, 0) is 12.6 Å². The van der Waals surface area contributed by atoms with Crippen molar-refractivity contribution in [2.45, 2.75) is 39.4 Å². The number of rotatable bonds is 4. The Morgan fingerprint density at radius 3 is 2.32 bits per heavy atom. The van der Waals surface area contributed by atoms with Gasteiger partial charge in [0.1, 0.15) is 5.75 Å². The van der Waals surface area contributed by atoms with Crippen LogP contribution in [0.25, 0.3) is 11.3 Å². The highest BCUT2D eigenvalue weighted by atomic mass is 16.5. The second-order valence-corrected chi connectivity index (χ2v) is 6.12. The molecule has 0 atom stereocenters. The molecule has 0 unspecified atom stereocenters. The van der Waals surface area contributed by atoms with E-state index < -0.39 is 5.60 Å². The average Bonchev–Trinajstić information content (AvgIpc) is 2.40. The molecule has 0 amide bonds. The summed E-state index contributed by atoms with van der Waals surface area (Å²) in [5.41, 5.74) is 0.304.